The maximum atomic E-state index is 14.7. The molecular weight excluding hydrogens is 296 g/mol. The fraction of sp³-hybridized carbons (Fsp3) is 0.533. The van der Waals surface area contributed by atoms with Crippen molar-refractivity contribution >= 4 is 6.09 Å². The highest BCUT2D eigenvalue weighted by atomic mass is 19.3. The van der Waals surface area contributed by atoms with E-state index in [0.29, 0.717) is 12.2 Å². The van der Waals surface area contributed by atoms with Gasteiger partial charge in [0.05, 0.1) is 18.6 Å². The van der Waals surface area contributed by atoms with E-state index in [2.05, 4.69) is 5.32 Å². The number of epoxide rings is 1. The maximum absolute atomic E-state index is 14.7. The van der Waals surface area contributed by atoms with Crippen LogP contribution in [-0.4, -0.2) is 48.6 Å². The maximum Gasteiger partial charge on any atom is 0.404 e. The van der Waals surface area contributed by atoms with E-state index < -0.39 is 30.5 Å². The molecule has 0 spiro atoms. The SMILES string of the molecule is O=C(O)NC[C@H](C1OCC2OC21)C(F)(F)Cc1ccccc1. The van der Waals surface area contributed by atoms with Gasteiger partial charge in [-0.15, -0.1) is 0 Å². The van der Waals surface area contributed by atoms with Gasteiger partial charge in [-0.05, 0) is 5.56 Å². The van der Waals surface area contributed by atoms with E-state index in [9.17, 15) is 13.6 Å². The Morgan fingerprint density at radius 3 is 2.68 bits per heavy atom. The van der Waals surface area contributed by atoms with Gasteiger partial charge in [0.2, 0.25) is 0 Å². The normalized spacial score (nSPS) is 28.0. The molecule has 3 rings (SSSR count). The molecule has 2 fully saturated rings. The van der Waals surface area contributed by atoms with Crippen molar-refractivity contribution in [2.45, 2.75) is 30.7 Å². The molecule has 1 aromatic carbocycles. The number of carbonyl (C=O) groups is 1. The van der Waals surface area contributed by atoms with Crippen LogP contribution in [-0.2, 0) is 15.9 Å². The molecule has 4 atom stereocenters. The van der Waals surface area contributed by atoms with Crippen LogP contribution in [0.1, 0.15) is 5.56 Å². The summed E-state index contributed by atoms with van der Waals surface area (Å²) in [6, 6.07) is 8.40. The molecule has 5 nitrogen and oxygen atoms in total. The van der Waals surface area contributed by atoms with E-state index in [4.69, 9.17) is 14.6 Å². The monoisotopic (exact) mass is 313 g/mol. The van der Waals surface area contributed by atoms with Gasteiger partial charge in [0, 0.05) is 13.0 Å². The number of hydrogen-bond acceptors (Lipinski definition) is 3. The van der Waals surface area contributed by atoms with Gasteiger partial charge in [-0.1, -0.05) is 30.3 Å². The third-order valence-corrected chi connectivity index (χ3v) is 4.09. The molecule has 1 amide bonds. The molecule has 2 N–H and O–H groups in total. The molecule has 0 saturated carbocycles. The largest absolute Gasteiger partial charge is 0.465 e. The van der Waals surface area contributed by atoms with Crippen molar-refractivity contribution in [1.82, 2.24) is 5.32 Å². The van der Waals surface area contributed by atoms with Gasteiger partial charge in [-0.2, -0.15) is 0 Å². The molecule has 0 aromatic heterocycles. The van der Waals surface area contributed by atoms with Crippen molar-refractivity contribution in [3.63, 3.8) is 0 Å². The Kier molecular flexibility index (Phi) is 4.01. The Morgan fingerprint density at radius 1 is 1.41 bits per heavy atom. The first-order chi connectivity index (χ1) is 10.5. The number of ether oxygens (including phenoxy) is 2. The summed E-state index contributed by atoms with van der Waals surface area (Å²) in [7, 11) is 0. The van der Waals surface area contributed by atoms with Crippen molar-refractivity contribution in [3.8, 4) is 0 Å². The molecule has 0 radical (unpaired) electrons. The lowest BCUT2D eigenvalue weighted by atomic mass is 9.88. The van der Waals surface area contributed by atoms with Crippen LogP contribution < -0.4 is 5.32 Å². The van der Waals surface area contributed by atoms with E-state index >= 15 is 0 Å². The molecule has 2 heterocycles. The van der Waals surface area contributed by atoms with Gasteiger partial charge < -0.3 is 19.9 Å². The molecule has 1 aromatic rings. The third kappa shape index (κ3) is 3.20. The predicted octanol–water partition coefficient (Wildman–Crippen LogP) is 1.91. The van der Waals surface area contributed by atoms with E-state index in [1.165, 1.54) is 0 Å². The van der Waals surface area contributed by atoms with Crippen LogP contribution in [0, 0.1) is 5.92 Å². The quantitative estimate of drug-likeness (QED) is 0.787. The van der Waals surface area contributed by atoms with Crippen molar-refractivity contribution in [3.05, 3.63) is 35.9 Å². The molecular formula is C15H17F2NO4. The second-order valence-corrected chi connectivity index (χ2v) is 5.65. The molecule has 2 aliphatic heterocycles. The first kappa shape index (κ1) is 15.2. The van der Waals surface area contributed by atoms with Crippen LogP contribution in [0.3, 0.4) is 0 Å². The first-order valence-corrected chi connectivity index (χ1v) is 7.13. The minimum Gasteiger partial charge on any atom is -0.465 e. The van der Waals surface area contributed by atoms with Crippen molar-refractivity contribution < 1.29 is 28.2 Å². The van der Waals surface area contributed by atoms with Crippen molar-refractivity contribution in [1.29, 1.82) is 0 Å². The number of halogens is 2. The molecule has 3 unspecified atom stereocenters. The topological polar surface area (TPSA) is 71.1 Å². The highest BCUT2D eigenvalue weighted by Crippen LogP contribution is 2.43. The Bertz CT molecular complexity index is 540. The van der Waals surface area contributed by atoms with E-state index in [0.717, 1.165) is 0 Å². The zero-order valence-electron chi connectivity index (χ0n) is 11.7. The first-order valence-electron chi connectivity index (χ1n) is 7.13. The lowest BCUT2D eigenvalue weighted by Gasteiger charge is -2.31. The Balaban J connectivity index is 1.75. The molecule has 22 heavy (non-hydrogen) atoms. The van der Waals surface area contributed by atoms with Crippen LogP contribution in [0.5, 0.6) is 0 Å². The highest BCUT2D eigenvalue weighted by molar-refractivity contribution is 5.64. The number of benzene rings is 1. The van der Waals surface area contributed by atoms with Crippen molar-refractivity contribution in [2.24, 2.45) is 5.92 Å². The average molecular weight is 313 g/mol. The number of fused-ring (bicyclic) bond motifs is 1. The molecule has 120 valence electrons. The number of carboxylic acid groups (broad SMARTS) is 1. The molecule has 2 aliphatic rings. The second kappa shape index (κ2) is 5.81. The van der Waals surface area contributed by atoms with E-state index in [1.54, 1.807) is 30.3 Å². The van der Waals surface area contributed by atoms with E-state index in [-0.39, 0.29) is 18.8 Å². The summed E-state index contributed by atoms with van der Waals surface area (Å²) in [5.41, 5.74) is 0.499. The summed E-state index contributed by atoms with van der Waals surface area (Å²) in [4.78, 5) is 10.7. The number of hydrogen-bond donors (Lipinski definition) is 2. The Hall–Kier alpha value is -1.73. The van der Waals surface area contributed by atoms with Gasteiger partial charge >= 0.3 is 6.09 Å². The Morgan fingerprint density at radius 2 is 2.14 bits per heavy atom. The summed E-state index contributed by atoms with van der Waals surface area (Å²) in [5.74, 6) is -4.36. The summed E-state index contributed by atoms with van der Waals surface area (Å²) in [6.45, 7) is -0.0767. The molecule has 2 saturated heterocycles. The second-order valence-electron chi connectivity index (χ2n) is 5.65. The van der Waals surface area contributed by atoms with Gasteiger partial charge in [-0.3, -0.25) is 0 Å². The summed E-state index contributed by atoms with van der Waals surface area (Å²) in [5, 5.41) is 10.8. The van der Waals surface area contributed by atoms with Gasteiger partial charge in [0.15, 0.2) is 0 Å². The fourth-order valence-electron chi connectivity index (χ4n) is 2.93. The van der Waals surface area contributed by atoms with Crippen LogP contribution in [0.2, 0.25) is 0 Å². The molecule has 7 heteroatoms. The third-order valence-electron chi connectivity index (χ3n) is 4.09. The molecule has 0 aliphatic carbocycles. The average Bonchev–Trinajstić information content (AvgIpc) is 3.13. The zero-order valence-corrected chi connectivity index (χ0v) is 11.7. The van der Waals surface area contributed by atoms with Gasteiger partial charge in [0.1, 0.15) is 12.2 Å². The Labute approximate surface area is 126 Å². The zero-order chi connectivity index (χ0) is 15.7. The predicted molar refractivity (Wildman–Crippen MR) is 73.0 cm³/mol. The van der Waals surface area contributed by atoms with Crippen LogP contribution in [0.25, 0.3) is 0 Å². The van der Waals surface area contributed by atoms with Crippen LogP contribution >= 0.6 is 0 Å². The van der Waals surface area contributed by atoms with Gasteiger partial charge in [-0.25, -0.2) is 13.6 Å². The number of rotatable bonds is 6. The van der Waals surface area contributed by atoms with Crippen molar-refractivity contribution in [2.75, 3.05) is 13.2 Å². The van der Waals surface area contributed by atoms with E-state index in [1.807, 2.05) is 0 Å². The minimum absolute atomic E-state index is 0.121. The number of amides is 1. The van der Waals surface area contributed by atoms with Gasteiger partial charge in [0.25, 0.3) is 5.92 Å². The smallest absolute Gasteiger partial charge is 0.404 e. The summed E-state index contributed by atoms with van der Waals surface area (Å²) >= 11 is 0. The van der Waals surface area contributed by atoms with Crippen LogP contribution in [0.4, 0.5) is 13.6 Å². The lowest BCUT2D eigenvalue weighted by Crippen LogP contribution is -2.48. The summed E-state index contributed by atoms with van der Waals surface area (Å²) in [6.07, 6.45) is -3.04. The lowest BCUT2D eigenvalue weighted by molar-refractivity contribution is -0.123. The minimum atomic E-state index is -3.10. The fourth-order valence-corrected chi connectivity index (χ4v) is 2.93. The molecule has 0 bridgehead atoms. The summed E-state index contributed by atoms with van der Waals surface area (Å²) < 4.78 is 40.1. The number of nitrogens with one attached hydrogen (secondary N) is 1. The number of alkyl halides is 2. The highest BCUT2D eigenvalue weighted by Gasteiger charge is 2.59. The van der Waals surface area contributed by atoms with Crippen LogP contribution in [0.15, 0.2) is 30.3 Å². The standard InChI is InChI=1S/C15H17F2NO4/c16-15(17,6-9-4-2-1-3-5-9)10(7-18-14(19)20)12-13-11(22-13)8-21-12/h1-5,10-13,18H,6-8H2,(H,19,20)/t10-,11?,12?,13?/m1/s1.